The van der Waals surface area contributed by atoms with Gasteiger partial charge in [-0.1, -0.05) is 13.8 Å². The van der Waals surface area contributed by atoms with E-state index in [1.807, 2.05) is 7.11 Å². The minimum Gasteiger partial charge on any atom is -0.377 e. The van der Waals surface area contributed by atoms with Gasteiger partial charge in [-0.05, 0) is 50.4 Å². The lowest BCUT2D eigenvalue weighted by Crippen LogP contribution is -2.51. The molecule has 0 aromatic carbocycles. The lowest BCUT2D eigenvalue weighted by molar-refractivity contribution is -0.0719. The zero-order valence-electron chi connectivity index (χ0n) is 11.1. The van der Waals surface area contributed by atoms with E-state index in [0.29, 0.717) is 0 Å². The molecular formula is C14H27NO. The molecule has 2 rings (SSSR count). The average molecular weight is 225 g/mol. The minimum atomic E-state index is 0.184. The molecule has 2 fully saturated rings. The summed E-state index contributed by atoms with van der Waals surface area (Å²) in [6.07, 6.45) is 7.94. The summed E-state index contributed by atoms with van der Waals surface area (Å²) in [7, 11) is 1.87. The highest BCUT2D eigenvalue weighted by molar-refractivity contribution is 4.93. The summed E-state index contributed by atoms with van der Waals surface area (Å²) in [5.41, 5.74) is 0.184. The first-order valence-corrected chi connectivity index (χ1v) is 6.92. The van der Waals surface area contributed by atoms with Crippen LogP contribution in [0.15, 0.2) is 0 Å². The van der Waals surface area contributed by atoms with E-state index < -0.39 is 0 Å². The Morgan fingerprint density at radius 2 is 1.75 bits per heavy atom. The zero-order chi connectivity index (χ0) is 11.6. The fourth-order valence-corrected chi connectivity index (χ4v) is 3.47. The lowest BCUT2D eigenvalue weighted by Gasteiger charge is -2.42. The molecule has 0 bridgehead atoms. The van der Waals surface area contributed by atoms with Crippen molar-refractivity contribution in [3.63, 3.8) is 0 Å². The molecule has 16 heavy (non-hydrogen) atoms. The van der Waals surface area contributed by atoms with E-state index >= 15 is 0 Å². The van der Waals surface area contributed by atoms with E-state index in [2.05, 4.69) is 19.2 Å². The van der Waals surface area contributed by atoms with Crippen LogP contribution in [0.3, 0.4) is 0 Å². The largest absolute Gasteiger partial charge is 0.377 e. The second kappa shape index (κ2) is 5.05. The van der Waals surface area contributed by atoms with Crippen LogP contribution in [0.4, 0.5) is 0 Å². The quantitative estimate of drug-likeness (QED) is 0.794. The first-order chi connectivity index (χ1) is 7.63. The average Bonchev–Trinajstić information content (AvgIpc) is 2.15. The van der Waals surface area contributed by atoms with Gasteiger partial charge < -0.3 is 10.1 Å². The number of hydrogen-bond acceptors (Lipinski definition) is 2. The fourth-order valence-electron chi connectivity index (χ4n) is 3.47. The van der Waals surface area contributed by atoms with E-state index in [0.717, 1.165) is 24.4 Å². The van der Waals surface area contributed by atoms with Crippen molar-refractivity contribution in [1.82, 2.24) is 5.32 Å². The maximum atomic E-state index is 5.66. The van der Waals surface area contributed by atoms with Crippen LogP contribution in [0.2, 0.25) is 0 Å². The molecule has 2 saturated carbocycles. The van der Waals surface area contributed by atoms with E-state index in [1.165, 1.54) is 38.5 Å². The molecule has 2 heteroatoms. The Balaban J connectivity index is 1.76. The maximum absolute atomic E-state index is 5.66. The Bertz CT molecular complexity index is 209. The summed E-state index contributed by atoms with van der Waals surface area (Å²) >= 11 is 0. The van der Waals surface area contributed by atoms with E-state index in [9.17, 15) is 0 Å². The first kappa shape index (κ1) is 12.4. The number of rotatable bonds is 4. The first-order valence-electron chi connectivity index (χ1n) is 6.92. The molecule has 0 aromatic heterocycles. The van der Waals surface area contributed by atoms with Crippen LogP contribution in [0.25, 0.3) is 0 Å². The van der Waals surface area contributed by atoms with Crippen molar-refractivity contribution in [2.24, 2.45) is 11.8 Å². The highest BCUT2D eigenvalue weighted by Gasteiger charge is 2.37. The topological polar surface area (TPSA) is 21.3 Å². The van der Waals surface area contributed by atoms with Gasteiger partial charge in [0, 0.05) is 19.7 Å². The molecule has 0 spiro atoms. The van der Waals surface area contributed by atoms with E-state index in [-0.39, 0.29) is 5.60 Å². The van der Waals surface area contributed by atoms with Gasteiger partial charge in [0.2, 0.25) is 0 Å². The van der Waals surface area contributed by atoms with Gasteiger partial charge >= 0.3 is 0 Å². The monoisotopic (exact) mass is 225 g/mol. The molecule has 2 atom stereocenters. The third-order valence-electron chi connectivity index (χ3n) is 4.59. The predicted octanol–water partition coefficient (Wildman–Crippen LogP) is 2.97. The van der Waals surface area contributed by atoms with Crippen LogP contribution < -0.4 is 5.32 Å². The van der Waals surface area contributed by atoms with Gasteiger partial charge in [-0.3, -0.25) is 0 Å². The Morgan fingerprint density at radius 3 is 2.19 bits per heavy atom. The van der Waals surface area contributed by atoms with Gasteiger partial charge in [0.05, 0.1) is 5.60 Å². The molecule has 1 N–H and O–H groups in total. The highest BCUT2D eigenvalue weighted by atomic mass is 16.5. The molecule has 0 saturated heterocycles. The third kappa shape index (κ3) is 2.78. The molecule has 2 nitrogen and oxygen atoms in total. The fraction of sp³-hybridized carbons (Fsp3) is 1.00. The molecule has 94 valence electrons. The van der Waals surface area contributed by atoms with Crippen LogP contribution in [-0.4, -0.2) is 25.3 Å². The zero-order valence-corrected chi connectivity index (χ0v) is 11.1. The van der Waals surface area contributed by atoms with E-state index in [1.54, 1.807) is 0 Å². The van der Waals surface area contributed by atoms with Gasteiger partial charge in [0.15, 0.2) is 0 Å². The van der Waals surface area contributed by atoms with Crippen LogP contribution >= 0.6 is 0 Å². The molecule has 0 amide bonds. The Morgan fingerprint density at radius 1 is 1.12 bits per heavy atom. The number of methoxy groups -OCH3 is 1. The number of hydrogen-bond donors (Lipinski definition) is 1. The van der Waals surface area contributed by atoms with Crippen LogP contribution in [0, 0.1) is 11.8 Å². The highest BCUT2D eigenvalue weighted by Crippen LogP contribution is 2.35. The molecular weight excluding hydrogens is 198 g/mol. The van der Waals surface area contributed by atoms with Crippen molar-refractivity contribution in [2.45, 2.75) is 64.0 Å². The van der Waals surface area contributed by atoms with Crippen molar-refractivity contribution in [1.29, 1.82) is 0 Å². The van der Waals surface area contributed by atoms with Gasteiger partial charge in [0.25, 0.3) is 0 Å². The van der Waals surface area contributed by atoms with Crippen molar-refractivity contribution < 1.29 is 4.74 Å². The van der Waals surface area contributed by atoms with Crippen molar-refractivity contribution in [2.75, 3.05) is 13.7 Å². The Hall–Kier alpha value is -0.0800. The molecule has 0 heterocycles. The van der Waals surface area contributed by atoms with Gasteiger partial charge in [-0.25, -0.2) is 0 Å². The van der Waals surface area contributed by atoms with Crippen molar-refractivity contribution in [3.8, 4) is 0 Å². The number of ether oxygens (including phenoxy) is 1. The third-order valence-corrected chi connectivity index (χ3v) is 4.59. The summed E-state index contributed by atoms with van der Waals surface area (Å²) in [6.45, 7) is 5.84. The van der Waals surface area contributed by atoms with Crippen molar-refractivity contribution in [3.05, 3.63) is 0 Å². The van der Waals surface area contributed by atoms with Gasteiger partial charge in [-0.15, -0.1) is 0 Å². The predicted molar refractivity (Wildman–Crippen MR) is 67.6 cm³/mol. The second-order valence-corrected chi connectivity index (χ2v) is 6.24. The Kier molecular flexibility index (Phi) is 3.91. The summed E-state index contributed by atoms with van der Waals surface area (Å²) in [4.78, 5) is 0. The summed E-state index contributed by atoms with van der Waals surface area (Å²) in [6, 6.07) is 0.728. The summed E-state index contributed by atoms with van der Waals surface area (Å²) in [5.74, 6) is 1.78. The van der Waals surface area contributed by atoms with Crippen LogP contribution in [0.1, 0.15) is 52.4 Å². The standard InChI is InChI=1S/C14H27NO/c1-11-7-12(2)9-13(8-11)15-10-14(16-3)5-4-6-14/h11-13,15H,4-10H2,1-3H3. The molecule has 2 unspecified atom stereocenters. The van der Waals surface area contributed by atoms with E-state index in [4.69, 9.17) is 4.74 Å². The summed E-state index contributed by atoms with van der Waals surface area (Å²) < 4.78 is 5.66. The molecule has 0 aromatic rings. The van der Waals surface area contributed by atoms with Crippen molar-refractivity contribution >= 4 is 0 Å². The maximum Gasteiger partial charge on any atom is 0.0802 e. The SMILES string of the molecule is COC1(CNC2CC(C)CC(C)C2)CCC1. The Labute approximate surface area is 100 Å². The van der Waals surface area contributed by atoms with Gasteiger partial charge in [-0.2, -0.15) is 0 Å². The lowest BCUT2D eigenvalue weighted by atomic mass is 9.78. The molecule has 2 aliphatic carbocycles. The minimum absolute atomic E-state index is 0.184. The van der Waals surface area contributed by atoms with Crippen LogP contribution in [-0.2, 0) is 4.74 Å². The van der Waals surface area contributed by atoms with Gasteiger partial charge in [0.1, 0.15) is 0 Å². The molecule has 2 aliphatic rings. The molecule has 0 radical (unpaired) electrons. The summed E-state index contributed by atoms with van der Waals surface area (Å²) in [5, 5.41) is 3.75. The van der Waals surface area contributed by atoms with Crippen LogP contribution in [0.5, 0.6) is 0 Å². The smallest absolute Gasteiger partial charge is 0.0802 e. The normalized spacial score (nSPS) is 38.1. The molecule has 0 aliphatic heterocycles. The number of nitrogens with one attached hydrogen (secondary N) is 1. The second-order valence-electron chi connectivity index (χ2n) is 6.24.